The summed E-state index contributed by atoms with van der Waals surface area (Å²) in [6.07, 6.45) is 3.86. The molecule has 1 heterocycles. The van der Waals surface area contributed by atoms with Gasteiger partial charge in [0, 0.05) is 28.3 Å². The SMILES string of the molecule is CC(C)c1cccc2c1CCC(N)(C(=O)O)C2.CC(C)c1cccc2c1CCC1(C2)NC(=O)NC1=O.[B][B]. The van der Waals surface area contributed by atoms with E-state index < -0.39 is 17.0 Å². The van der Waals surface area contributed by atoms with E-state index in [-0.39, 0.29) is 11.9 Å². The molecule has 3 amide bonds. The minimum absolute atomic E-state index is 0.182. The number of hydrogen-bond donors (Lipinski definition) is 4. The second-order valence-electron chi connectivity index (χ2n) is 11.1. The highest BCUT2D eigenvalue weighted by molar-refractivity contribution is 6.75. The fraction of sp³-hybridized carbons (Fsp3) is 0.483. The molecule has 2 aliphatic carbocycles. The Labute approximate surface area is 228 Å². The molecule has 2 aromatic rings. The summed E-state index contributed by atoms with van der Waals surface area (Å²) >= 11 is 0. The van der Waals surface area contributed by atoms with E-state index in [0.29, 0.717) is 37.5 Å². The Hall–Kier alpha value is -3.06. The number of amides is 3. The van der Waals surface area contributed by atoms with Crippen molar-refractivity contribution >= 4 is 33.4 Å². The summed E-state index contributed by atoms with van der Waals surface area (Å²) in [6.45, 7) is 8.70. The first kappa shape index (κ1) is 29.5. The van der Waals surface area contributed by atoms with Crippen molar-refractivity contribution in [3.63, 3.8) is 0 Å². The molecule has 1 spiro atoms. The van der Waals surface area contributed by atoms with Crippen LogP contribution in [-0.4, -0.2) is 49.6 Å². The second kappa shape index (κ2) is 11.8. The minimum atomic E-state index is -1.08. The summed E-state index contributed by atoms with van der Waals surface area (Å²) in [5, 5.41) is 14.3. The molecule has 2 aromatic carbocycles. The molecular weight excluding hydrogens is 476 g/mol. The quantitative estimate of drug-likeness (QED) is 0.371. The lowest BCUT2D eigenvalue weighted by Crippen LogP contribution is -2.52. The first-order chi connectivity index (χ1) is 18.0. The molecule has 0 aromatic heterocycles. The van der Waals surface area contributed by atoms with E-state index in [1.54, 1.807) is 0 Å². The van der Waals surface area contributed by atoms with Crippen LogP contribution in [-0.2, 0) is 35.3 Å². The van der Waals surface area contributed by atoms with Gasteiger partial charge in [0.15, 0.2) is 0 Å². The molecule has 7 nitrogen and oxygen atoms in total. The molecule has 198 valence electrons. The van der Waals surface area contributed by atoms with Crippen molar-refractivity contribution < 1.29 is 19.5 Å². The molecule has 1 aliphatic heterocycles. The molecule has 3 aliphatic rings. The van der Waals surface area contributed by atoms with Crippen molar-refractivity contribution in [2.45, 2.75) is 89.1 Å². The van der Waals surface area contributed by atoms with Crippen molar-refractivity contribution in [2.24, 2.45) is 5.73 Å². The van der Waals surface area contributed by atoms with E-state index in [9.17, 15) is 19.5 Å². The maximum Gasteiger partial charge on any atom is 0.324 e. The lowest BCUT2D eigenvalue weighted by atomic mass is 9.75. The predicted octanol–water partition coefficient (Wildman–Crippen LogP) is 3.20. The van der Waals surface area contributed by atoms with Gasteiger partial charge in [0.2, 0.25) is 0 Å². The maximum atomic E-state index is 12.0. The number of carboxylic acids is 1. The van der Waals surface area contributed by atoms with Crippen LogP contribution in [0.3, 0.4) is 0 Å². The van der Waals surface area contributed by atoms with Gasteiger partial charge in [-0.2, -0.15) is 0 Å². The van der Waals surface area contributed by atoms with E-state index in [1.165, 1.54) is 27.8 Å². The van der Waals surface area contributed by atoms with E-state index in [0.717, 1.165) is 18.4 Å². The first-order valence-electron chi connectivity index (χ1n) is 13.2. The van der Waals surface area contributed by atoms with Crippen LogP contribution in [0.5, 0.6) is 0 Å². The fourth-order valence-corrected chi connectivity index (χ4v) is 5.87. The molecule has 1 saturated heterocycles. The summed E-state index contributed by atoms with van der Waals surface area (Å²) in [6, 6.07) is 12.0. The zero-order valence-electron chi connectivity index (χ0n) is 22.8. The molecule has 1 fully saturated rings. The Balaban J connectivity index is 0.000000199. The highest BCUT2D eigenvalue weighted by atomic mass is 16.4. The third kappa shape index (κ3) is 5.83. The average molecular weight is 513 g/mol. The number of nitrogens with two attached hydrogens (primary N) is 1. The van der Waals surface area contributed by atoms with Crippen LogP contribution in [0.4, 0.5) is 4.79 Å². The van der Waals surface area contributed by atoms with Gasteiger partial charge in [-0.05, 0) is 70.9 Å². The Morgan fingerprint density at radius 3 is 1.84 bits per heavy atom. The van der Waals surface area contributed by atoms with Crippen molar-refractivity contribution in [1.82, 2.24) is 10.6 Å². The van der Waals surface area contributed by atoms with Crippen LogP contribution < -0.4 is 16.4 Å². The number of imide groups is 1. The van der Waals surface area contributed by atoms with Crippen molar-refractivity contribution in [1.29, 1.82) is 0 Å². The second-order valence-corrected chi connectivity index (χ2v) is 11.1. The highest BCUT2D eigenvalue weighted by Gasteiger charge is 2.48. The van der Waals surface area contributed by atoms with E-state index in [1.807, 2.05) is 18.2 Å². The highest BCUT2D eigenvalue weighted by Crippen LogP contribution is 2.35. The molecule has 5 rings (SSSR count). The van der Waals surface area contributed by atoms with Crippen molar-refractivity contribution in [2.75, 3.05) is 0 Å². The van der Waals surface area contributed by atoms with Gasteiger partial charge >= 0.3 is 12.0 Å². The maximum absolute atomic E-state index is 12.0. The molecule has 0 saturated carbocycles. The molecule has 9 heteroatoms. The average Bonchev–Trinajstić information content (AvgIpc) is 3.15. The Morgan fingerprint density at radius 2 is 1.39 bits per heavy atom. The topological polar surface area (TPSA) is 122 Å². The van der Waals surface area contributed by atoms with E-state index >= 15 is 0 Å². The summed E-state index contributed by atoms with van der Waals surface area (Å²) in [5.74, 6) is -0.118. The normalized spacial score (nSPS) is 23.3. The third-order valence-corrected chi connectivity index (χ3v) is 7.92. The van der Waals surface area contributed by atoms with E-state index in [2.05, 4.69) is 72.0 Å². The molecule has 2 atom stereocenters. The predicted molar refractivity (Wildman–Crippen MR) is 151 cm³/mol. The van der Waals surface area contributed by atoms with Crippen LogP contribution in [0.2, 0.25) is 0 Å². The van der Waals surface area contributed by atoms with Crippen LogP contribution in [0.15, 0.2) is 36.4 Å². The molecule has 0 bridgehead atoms. The number of fused-ring (bicyclic) bond motifs is 2. The number of benzene rings is 2. The number of nitrogens with one attached hydrogen (secondary N) is 2. The minimum Gasteiger partial charge on any atom is -0.480 e. The number of hydrogen-bond acceptors (Lipinski definition) is 4. The molecule has 5 N–H and O–H groups in total. The first-order valence-corrected chi connectivity index (χ1v) is 13.2. The molecule has 2 unspecified atom stereocenters. The zero-order chi connectivity index (χ0) is 28.3. The van der Waals surface area contributed by atoms with Crippen molar-refractivity contribution in [3.8, 4) is 0 Å². The van der Waals surface area contributed by atoms with Gasteiger partial charge in [0.25, 0.3) is 5.91 Å². The smallest absolute Gasteiger partial charge is 0.324 e. The number of carboxylic acid groups (broad SMARTS) is 1. The number of aliphatic carboxylic acids is 1. The number of carbonyl (C=O) groups excluding carboxylic acids is 2. The van der Waals surface area contributed by atoms with Crippen LogP contribution in [0.25, 0.3) is 0 Å². The van der Waals surface area contributed by atoms with Crippen LogP contribution in [0, 0.1) is 0 Å². The summed E-state index contributed by atoms with van der Waals surface area (Å²) in [5.41, 5.74) is 11.8. The van der Waals surface area contributed by atoms with Gasteiger partial charge in [-0.3, -0.25) is 14.9 Å². The number of urea groups is 1. The Bertz CT molecular complexity index is 1220. The van der Waals surface area contributed by atoms with Crippen LogP contribution in [0.1, 0.15) is 85.8 Å². The number of carbonyl (C=O) groups is 3. The van der Waals surface area contributed by atoms with Gasteiger partial charge in [-0.15, -0.1) is 0 Å². The van der Waals surface area contributed by atoms with Gasteiger partial charge in [-0.25, -0.2) is 4.79 Å². The van der Waals surface area contributed by atoms with Crippen molar-refractivity contribution in [3.05, 3.63) is 69.8 Å². The Kier molecular flexibility index (Phi) is 9.13. The lowest BCUT2D eigenvalue weighted by molar-refractivity contribution is -0.143. The molecule has 4 radical (unpaired) electrons. The Morgan fingerprint density at radius 1 is 0.895 bits per heavy atom. The van der Waals surface area contributed by atoms with Gasteiger partial charge in [0.05, 0.1) is 0 Å². The van der Waals surface area contributed by atoms with Crippen LogP contribution >= 0.6 is 0 Å². The third-order valence-electron chi connectivity index (χ3n) is 7.92. The molecule has 38 heavy (non-hydrogen) atoms. The van der Waals surface area contributed by atoms with Gasteiger partial charge < -0.3 is 16.2 Å². The zero-order valence-corrected chi connectivity index (χ0v) is 22.8. The summed E-state index contributed by atoms with van der Waals surface area (Å²) in [7, 11) is 8.00. The fourth-order valence-electron chi connectivity index (χ4n) is 5.87. The molecular formula is C29H37B2N3O4. The monoisotopic (exact) mass is 513 g/mol. The van der Waals surface area contributed by atoms with Gasteiger partial charge in [-0.1, -0.05) is 64.1 Å². The van der Waals surface area contributed by atoms with Gasteiger partial charge in [0.1, 0.15) is 11.1 Å². The number of rotatable bonds is 3. The largest absolute Gasteiger partial charge is 0.480 e. The lowest BCUT2D eigenvalue weighted by Gasteiger charge is -2.33. The standard InChI is InChI=1S/C15H18N2O2.C14H19NO2.B2/c1-9(2)11-5-3-4-10-8-15(7-6-12(10)11)13(18)16-14(19)17-15;1-9(2)11-5-3-4-10-8-14(15,13(16)17)7-6-12(10)11;1-2/h3-5,9H,6-8H2,1-2H3,(H2,16,17,18,19);3-5,9H,6-8,15H2,1-2H3,(H,16,17);. The summed E-state index contributed by atoms with van der Waals surface area (Å²) in [4.78, 5) is 34.5. The summed E-state index contributed by atoms with van der Waals surface area (Å²) < 4.78 is 0. The van der Waals surface area contributed by atoms with E-state index in [4.69, 9.17) is 5.73 Å².